The highest BCUT2D eigenvalue weighted by molar-refractivity contribution is 8.00. The van der Waals surface area contributed by atoms with Crippen molar-refractivity contribution in [2.45, 2.75) is 30.7 Å². The van der Waals surface area contributed by atoms with Crippen molar-refractivity contribution >= 4 is 11.8 Å². The van der Waals surface area contributed by atoms with Crippen LogP contribution >= 0.6 is 11.8 Å². The molecule has 2 aromatic rings. The minimum Gasteiger partial charge on any atom is -0.390 e. The summed E-state index contributed by atoms with van der Waals surface area (Å²) >= 11 is 1.73. The van der Waals surface area contributed by atoms with Crippen molar-refractivity contribution in [1.82, 2.24) is 0 Å². The van der Waals surface area contributed by atoms with Crippen molar-refractivity contribution in [3.8, 4) is 0 Å². The molecule has 1 fully saturated rings. The molecule has 0 radical (unpaired) electrons. The maximum Gasteiger partial charge on any atom is 0.0987 e. The Hall–Kier alpha value is -1.33. The second kappa shape index (κ2) is 8.50. The second-order valence-corrected chi connectivity index (χ2v) is 6.97. The first kappa shape index (κ1) is 16.5. The summed E-state index contributed by atoms with van der Waals surface area (Å²) in [7, 11) is 0. The molecular weight excluding hydrogens is 308 g/mol. The average Bonchev–Trinajstić information content (AvgIpc) is 2.95. The lowest BCUT2D eigenvalue weighted by Crippen LogP contribution is -2.34. The molecule has 122 valence electrons. The maximum absolute atomic E-state index is 10.2. The van der Waals surface area contributed by atoms with Crippen molar-refractivity contribution in [1.29, 1.82) is 0 Å². The van der Waals surface area contributed by atoms with Crippen LogP contribution in [0, 0.1) is 0 Å². The molecular formula is C19H22O3S. The number of hydrogen-bond acceptors (Lipinski definition) is 4. The lowest BCUT2D eigenvalue weighted by molar-refractivity contribution is -0.0423. The first-order chi connectivity index (χ1) is 11.3. The molecule has 0 saturated carbocycles. The molecule has 3 atom stereocenters. The topological polar surface area (TPSA) is 38.7 Å². The van der Waals surface area contributed by atoms with Gasteiger partial charge in [-0.25, -0.2) is 0 Å². The number of aliphatic hydroxyl groups is 1. The maximum atomic E-state index is 10.2. The van der Waals surface area contributed by atoms with Gasteiger partial charge in [0.05, 0.1) is 37.3 Å². The van der Waals surface area contributed by atoms with Crippen LogP contribution in [-0.2, 0) is 22.7 Å². The largest absolute Gasteiger partial charge is 0.390 e. The highest BCUT2D eigenvalue weighted by Gasteiger charge is 2.36. The van der Waals surface area contributed by atoms with Gasteiger partial charge in [-0.3, -0.25) is 0 Å². The van der Waals surface area contributed by atoms with E-state index < -0.39 is 6.10 Å². The van der Waals surface area contributed by atoms with Crippen molar-refractivity contribution in [3.05, 3.63) is 71.8 Å². The molecule has 4 heteroatoms. The SMILES string of the molecule is O[C@H]1CS[C@@H](COCc2ccccc2)[C@@H]1OCc1ccccc1. The predicted octanol–water partition coefficient (Wildman–Crippen LogP) is 3.26. The first-order valence-corrected chi connectivity index (χ1v) is 8.94. The molecule has 3 nitrogen and oxygen atoms in total. The van der Waals surface area contributed by atoms with Gasteiger partial charge in [-0.15, -0.1) is 0 Å². The third-order valence-electron chi connectivity index (χ3n) is 3.91. The lowest BCUT2D eigenvalue weighted by Gasteiger charge is -2.22. The van der Waals surface area contributed by atoms with Gasteiger partial charge < -0.3 is 14.6 Å². The van der Waals surface area contributed by atoms with E-state index in [-0.39, 0.29) is 11.4 Å². The minimum atomic E-state index is -0.422. The predicted molar refractivity (Wildman–Crippen MR) is 93.4 cm³/mol. The summed E-state index contributed by atoms with van der Waals surface area (Å²) in [5.41, 5.74) is 2.29. The molecule has 0 amide bonds. The minimum absolute atomic E-state index is 0.170. The summed E-state index contributed by atoms with van der Waals surface area (Å²) < 4.78 is 11.8. The van der Waals surface area contributed by atoms with Crippen LogP contribution in [0.15, 0.2) is 60.7 Å². The summed E-state index contributed by atoms with van der Waals surface area (Å²) in [6, 6.07) is 20.2. The smallest absolute Gasteiger partial charge is 0.0987 e. The Labute approximate surface area is 141 Å². The Bertz CT molecular complexity index is 576. The van der Waals surface area contributed by atoms with Gasteiger partial charge in [0.2, 0.25) is 0 Å². The Morgan fingerprint density at radius 1 is 0.913 bits per heavy atom. The lowest BCUT2D eigenvalue weighted by atomic mass is 10.1. The van der Waals surface area contributed by atoms with E-state index in [0.717, 1.165) is 11.1 Å². The van der Waals surface area contributed by atoms with Crippen molar-refractivity contribution in [2.75, 3.05) is 12.4 Å². The van der Waals surface area contributed by atoms with Crippen molar-refractivity contribution in [3.63, 3.8) is 0 Å². The highest BCUT2D eigenvalue weighted by Crippen LogP contribution is 2.30. The molecule has 3 rings (SSSR count). The van der Waals surface area contributed by atoms with E-state index >= 15 is 0 Å². The molecule has 1 aliphatic rings. The zero-order chi connectivity index (χ0) is 15.9. The molecule has 1 heterocycles. The quantitative estimate of drug-likeness (QED) is 0.846. The Kier molecular flexibility index (Phi) is 6.11. The van der Waals surface area contributed by atoms with Gasteiger partial charge in [0.25, 0.3) is 0 Å². The number of rotatable bonds is 7. The van der Waals surface area contributed by atoms with Crippen LogP contribution in [-0.4, -0.2) is 34.9 Å². The number of ether oxygens (including phenoxy) is 2. The molecule has 2 aromatic carbocycles. The van der Waals surface area contributed by atoms with Crippen LogP contribution in [0.3, 0.4) is 0 Å². The summed E-state index contributed by atoms with van der Waals surface area (Å²) in [4.78, 5) is 0. The molecule has 1 aliphatic heterocycles. The zero-order valence-electron chi connectivity index (χ0n) is 13.0. The van der Waals surface area contributed by atoms with Crippen molar-refractivity contribution in [2.24, 2.45) is 0 Å². The molecule has 0 aliphatic carbocycles. The number of aliphatic hydroxyl groups excluding tert-OH is 1. The van der Waals surface area contributed by atoms with Gasteiger partial charge in [0.1, 0.15) is 0 Å². The average molecular weight is 330 g/mol. The van der Waals surface area contributed by atoms with E-state index in [1.807, 2.05) is 48.5 Å². The molecule has 0 unspecified atom stereocenters. The van der Waals surface area contributed by atoms with E-state index in [9.17, 15) is 5.11 Å². The standard InChI is InChI=1S/C19H22O3S/c20-17-14-23-18(13-21-11-15-7-3-1-4-8-15)19(17)22-12-16-9-5-2-6-10-16/h1-10,17-20H,11-14H2/t17-,18-,19+/m0/s1. The van der Waals surface area contributed by atoms with E-state index in [1.54, 1.807) is 11.8 Å². The van der Waals surface area contributed by atoms with Crippen LogP contribution in [0.5, 0.6) is 0 Å². The van der Waals surface area contributed by atoms with Crippen LogP contribution in [0.1, 0.15) is 11.1 Å². The first-order valence-electron chi connectivity index (χ1n) is 7.90. The molecule has 0 aromatic heterocycles. The van der Waals surface area contributed by atoms with E-state index in [0.29, 0.717) is 25.6 Å². The third kappa shape index (κ3) is 4.82. The highest BCUT2D eigenvalue weighted by atomic mass is 32.2. The zero-order valence-corrected chi connectivity index (χ0v) is 13.8. The van der Waals surface area contributed by atoms with Crippen LogP contribution in [0.25, 0.3) is 0 Å². The molecule has 23 heavy (non-hydrogen) atoms. The summed E-state index contributed by atoms with van der Waals surface area (Å²) in [6.45, 7) is 1.72. The number of benzene rings is 2. The van der Waals surface area contributed by atoms with Gasteiger partial charge in [-0.1, -0.05) is 60.7 Å². The number of hydrogen-bond donors (Lipinski definition) is 1. The number of thioether (sulfide) groups is 1. The van der Waals surface area contributed by atoms with Gasteiger partial charge >= 0.3 is 0 Å². The molecule has 1 saturated heterocycles. The van der Waals surface area contributed by atoms with Crippen LogP contribution in [0.2, 0.25) is 0 Å². The van der Waals surface area contributed by atoms with Crippen LogP contribution in [0.4, 0.5) is 0 Å². The van der Waals surface area contributed by atoms with Crippen LogP contribution < -0.4 is 0 Å². The second-order valence-electron chi connectivity index (χ2n) is 5.70. The Balaban J connectivity index is 1.48. The monoisotopic (exact) mass is 330 g/mol. The molecule has 0 bridgehead atoms. The summed E-state index contributed by atoms with van der Waals surface area (Å²) in [5, 5.41) is 10.3. The van der Waals surface area contributed by atoms with Crippen molar-refractivity contribution < 1.29 is 14.6 Å². The van der Waals surface area contributed by atoms with E-state index in [4.69, 9.17) is 9.47 Å². The Morgan fingerprint density at radius 3 is 2.17 bits per heavy atom. The fraction of sp³-hybridized carbons (Fsp3) is 0.368. The fourth-order valence-electron chi connectivity index (χ4n) is 2.65. The van der Waals surface area contributed by atoms with Gasteiger partial charge in [-0.2, -0.15) is 11.8 Å². The Morgan fingerprint density at radius 2 is 1.52 bits per heavy atom. The van der Waals surface area contributed by atoms with E-state index in [2.05, 4.69) is 12.1 Å². The molecule has 1 N–H and O–H groups in total. The normalized spacial score (nSPS) is 24.0. The van der Waals surface area contributed by atoms with Gasteiger partial charge in [0.15, 0.2) is 0 Å². The fourth-order valence-corrected chi connectivity index (χ4v) is 3.93. The third-order valence-corrected chi connectivity index (χ3v) is 5.27. The van der Waals surface area contributed by atoms with E-state index in [1.165, 1.54) is 0 Å². The van der Waals surface area contributed by atoms with Gasteiger partial charge in [-0.05, 0) is 11.1 Å². The van der Waals surface area contributed by atoms with Gasteiger partial charge in [0, 0.05) is 5.75 Å². The summed E-state index contributed by atoms with van der Waals surface area (Å²) in [6.07, 6.45) is -0.593. The molecule has 0 spiro atoms. The summed E-state index contributed by atoms with van der Waals surface area (Å²) in [5.74, 6) is 0.707.